The van der Waals surface area contributed by atoms with Crippen LogP contribution in [0.5, 0.6) is 5.75 Å². The van der Waals surface area contributed by atoms with E-state index in [1.54, 1.807) is 0 Å². The molecule has 88 valence electrons. The maximum atomic E-state index is 5.80. The Morgan fingerprint density at radius 3 is 2.44 bits per heavy atom. The summed E-state index contributed by atoms with van der Waals surface area (Å²) in [6.07, 6.45) is 4.05. The summed E-state index contributed by atoms with van der Waals surface area (Å²) >= 11 is 5.80. The average molecular weight is 240 g/mol. The number of benzene rings is 1. The van der Waals surface area contributed by atoms with Gasteiger partial charge in [0.15, 0.2) is 0 Å². The van der Waals surface area contributed by atoms with Crippen LogP contribution in [0.1, 0.15) is 19.3 Å². The van der Waals surface area contributed by atoms with Gasteiger partial charge in [0.1, 0.15) is 12.4 Å². The molecule has 0 aromatic heterocycles. The van der Waals surface area contributed by atoms with Crippen LogP contribution >= 0.6 is 11.6 Å². The van der Waals surface area contributed by atoms with Crippen LogP contribution in [0, 0.1) is 0 Å². The fourth-order valence-electron chi connectivity index (χ4n) is 2.01. The highest BCUT2D eigenvalue weighted by molar-refractivity contribution is 6.30. The fraction of sp³-hybridized carbons (Fsp3) is 0.538. The highest BCUT2D eigenvalue weighted by Gasteiger charge is 2.09. The van der Waals surface area contributed by atoms with Gasteiger partial charge >= 0.3 is 0 Å². The molecule has 2 rings (SSSR count). The average Bonchev–Trinajstić information content (AvgIpc) is 2.33. The van der Waals surface area contributed by atoms with Gasteiger partial charge in [0, 0.05) is 11.6 Å². The third-order valence-electron chi connectivity index (χ3n) is 2.94. The first-order valence-electron chi connectivity index (χ1n) is 5.95. The molecule has 0 unspecified atom stereocenters. The van der Waals surface area contributed by atoms with Crippen LogP contribution in [0.15, 0.2) is 24.3 Å². The zero-order valence-corrected chi connectivity index (χ0v) is 10.2. The number of nitrogens with zero attached hydrogens (tertiary/aromatic N) is 1. The summed E-state index contributed by atoms with van der Waals surface area (Å²) in [6.45, 7) is 4.25. The Morgan fingerprint density at radius 2 is 1.75 bits per heavy atom. The van der Waals surface area contributed by atoms with E-state index < -0.39 is 0 Å². The van der Waals surface area contributed by atoms with E-state index in [0.717, 1.165) is 23.9 Å². The van der Waals surface area contributed by atoms with Gasteiger partial charge in [-0.05, 0) is 50.2 Å². The first-order valence-corrected chi connectivity index (χ1v) is 6.33. The Bertz CT molecular complexity index is 306. The van der Waals surface area contributed by atoms with Crippen molar-refractivity contribution in [2.75, 3.05) is 26.2 Å². The van der Waals surface area contributed by atoms with Gasteiger partial charge in [-0.3, -0.25) is 4.90 Å². The quantitative estimate of drug-likeness (QED) is 0.800. The van der Waals surface area contributed by atoms with Gasteiger partial charge in [-0.2, -0.15) is 0 Å². The first kappa shape index (κ1) is 11.7. The molecular weight excluding hydrogens is 222 g/mol. The van der Waals surface area contributed by atoms with E-state index in [1.165, 1.54) is 32.4 Å². The summed E-state index contributed by atoms with van der Waals surface area (Å²) in [5.74, 6) is 0.904. The zero-order chi connectivity index (χ0) is 11.2. The fourth-order valence-corrected chi connectivity index (χ4v) is 2.13. The lowest BCUT2D eigenvalue weighted by molar-refractivity contribution is 0.183. The minimum atomic E-state index is 0.753. The minimum Gasteiger partial charge on any atom is -0.492 e. The first-order chi connectivity index (χ1) is 7.84. The molecule has 1 aliphatic heterocycles. The number of ether oxygens (including phenoxy) is 1. The predicted octanol–water partition coefficient (Wildman–Crippen LogP) is 3.20. The molecular formula is C13H18ClNO. The number of halogens is 1. The lowest BCUT2D eigenvalue weighted by Crippen LogP contribution is -2.33. The van der Waals surface area contributed by atoms with Gasteiger partial charge in [-0.1, -0.05) is 18.0 Å². The van der Waals surface area contributed by atoms with Crippen molar-refractivity contribution in [2.24, 2.45) is 0 Å². The molecule has 0 radical (unpaired) electrons. The summed E-state index contributed by atoms with van der Waals surface area (Å²) < 4.78 is 5.66. The highest BCUT2D eigenvalue weighted by atomic mass is 35.5. The molecule has 1 fully saturated rings. The summed E-state index contributed by atoms with van der Waals surface area (Å²) in [5, 5.41) is 0.753. The molecule has 0 amide bonds. The molecule has 16 heavy (non-hydrogen) atoms. The Labute approximate surface area is 102 Å². The normalized spacial score (nSPS) is 17.3. The maximum absolute atomic E-state index is 5.80. The number of hydrogen-bond acceptors (Lipinski definition) is 2. The van der Waals surface area contributed by atoms with Crippen LogP contribution in [0.4, 0.5) is 0 Å². The van der Waals surface area contributed by atoms with Crippen LogP contribution < -0.4 is 4.74 Å². The molecule has 0 saturated carbocycles. The summed E-state index contributed by atoms with van der Waals surface area (Å²) in [6, 6.07) is 7.55. The second-order valence-corrected chi connectivity index (χ2v) is 4.64. The van der Waals surface area contributed by atoms with E-state index in [2.05, 4.69) is 4.90 Å². The zero-order valence-electron chi connectivity index (χ0n) is 9.49. The van der Waals surface area contributed by atoms with Crippen molar-refractivity contribution < 1.29 is 4.74 Å². The van der Waals surface area contributed by atoms with Crippen molar-refractivity contribution in [3.63, 3.8) is 0 Å². The second kappa shape index (κ2) is 6.12. The molecule has 1 aromatic carbocycles. The largest absolute Gasteiger partial charge is 0.492 e. The van der Waals surface area contributed by atoms with E-state index in [9.17, 15) is 0 Å². The number of rotatable bonds is 4. The summed E-state index contributed by atoms with van der Waals surface area (Å²) in [4.78, 5) is 2.47. The predicted molar refractivity (Wildman–Crippen MR) is 67.2 cm³/mol. The van der Waals surface area contributed by atoms with Gasteiger partial charge in [0.25, 0.3) is 0 Å². The molecule has 1 saturated heterocycles. The van der Waals surface area contributed by atoms with E-state index in [0.29, 0.717) is 0 Å². The van der Waals surface area contributed by atoms with Crippen molar-refractivity contribution in [2.45, 2.75) is 19.3 Å². The van der Waals surface area contributed by atoms with Crippen molar-refractivity contribution in [3.8, 4) is 5.75 Å². The molecule has 0 atom stereocenters. The van der Waals surface area contributed by atoms with Crippen LogP contribution in [-0.4, -0.2) is 31.1 Å². The van der Waals surface area contributed by atoms with Crippen LogP contribution in [0.2, 0.25) is 5.02 Å². The maximum Gasteiger partial charge on any atom is 0.119 e. The topological polar surface area (TPSA) is 12.5 Å². The molecule has 0 aliphatic carbocycles. The molecule has 1 aliphatic rings. The van der Waals surface area contributed by atoms with E-state index >= 15 is 0 Å². The Balaban J connectivity index is 1.69. The van der Waals surface area contributed by atoms with Crippen LogP contribution in [0.25, 0.3) is 0 Å². The van der Waals surface area contributed by atoms with Crippen molar-refractivity contribution >= 4 is 11.6 Å². The summed E-state index contributed by atoms with van der Waals surface area (Å²) in [5.41, 5.74) is 0. The monoisotopic (exact) mass is 239 g/mol. The molecule has 0 spiro atoms. The van der Waals surface area contributed by atoms with E-state index in [-0.39, 0.29) is 0 Å². The van der Waals surface area contributed by atoms with Gasteiger partial charge in [0.05, 0.1) is 0 Å². The van der Waals surface area contributed by atoms with Gasteiger partial charge in [0.2, 0.25) is 0 Å². The molecule has 1 heterocycles. The summed E-state index contributed by atoms with van der Waals surface area (Å²) in [7, 11) is 0. The van der Waals surface area contributed by atoms with Gasteiger partial charge in [-0.25, -0.2) is 0 Å². The Morgan fingerprint density at radius 1 is 1.06 bits per heavy atom. The Hall–Kier alpha value is -0.730. The lowest BCUT2D eigenvalue weighted by Gasteiger charge is -2.26. The number of likely N-dealkylation sites (tertiary alicyclic amines) is 1. The number of piperidine rings is 1. The van der Waals surface area contributed by atoms with Gasteiger partial charge in [-0.15, -0.1) is 0 Å². The van der Waals surface area contributed by atoms with Crippen molar-refractivity contribution in [1.82, 2.24) is 4.90 Å². The third kappa shape index (κ3) is 3.69. The second-order valence-electron chi connectivity index (χ2n) is 4.20. The minimum absolute atomic E-state index is 0.753. The molecule has 1 aromatic rings. The molecule has 3 heteroatoms. The van der Waals surface area contributed by atoms with Crippen molar-refractivity contribution in [1.29, 1.82) is 0 Å². The standard InChI is InChI=1S/C13H18ClNO/c14-12-4-6-13(7-5-12)16-11-10-15-8-2-1-3-9-15/h4-7H,1-3,8-11H2. The molecule has 0 N–H and O–H groups in total. The molecule has 2 nitrogen and oxygen atoms in total. The van der Waals surface area contributed by atoms with Gasteiger partial charge < -0.3 is 4.74 Å². The SMILES string of the molecule is Clc1ccc(OCCN2CCCCC2)cc1. The van der Waals surface area contributed by atoms with Crippen LogP contribution in [0.3, 0.4) is 0 Å². The Kier molecular flexibility index (Phi) is 4.49. The van der Waals surface area contributed by atoms with Crippen LogP contribution in [-0.2, 0) is 0 Å². The molecule has 0 bridgehead atoms. The van der Waals surface area contributed by atoms with E-state index in [1.807, 2.05) is 24.3 Å². The third-order valence-corrected chi connectivity index (χ3v) is 3.19. The van der Waals surface area contributed by atoms with E-state index in [4.69, 9.17) is 16.3 Å². The highest BCUT2D eigenvalue weighted by Crippen LogP contribution is 2.15. The smallest absolute Gasteiger partial charge is 0.119 e. The lowest BCUT2D eigenvalue weighted by atomic mass is 10.1. The number of hydrogen-bond donors (Lipinski definition) is 0. The van der Waals surface area contributed by atoms with Crippen molar-refractivity contribution in [3.05, 3.63) is 29.3 Å².